The first-order valence-corrected chi connectivity index (χ1v) is 27.4. The summed E-state index contributed by atoms with van der Waals surface area (Å²) < 4.78 is 24.0. The van der Waals surface area contributed by atoms with Crippen LogP contribution in [0.4, 0.5) is 0 Å². The molecule has 0 amide bonds. The minimum Gasteiger partial charge on any atom is -0.491 e. The van der Waals surface area contributed by atoms with Gasteiger partial charge in [-0.1, -0.05) is 121 Å². The van der Waals surface area contributed by atoms with Gasteiger partial charge in [0, 0.05) is 0 Å². The van der Waals surface area contributed by atoms with Crippen molar-refractivity contribution >= 4 is 0 Å². The number of aryl methyl sites for hydroxylation is 8. The molecule has 0 aromatic heterocycles. The van der Waals surface area contributed by atoms with Crippen LogP contribution in [0.2, 0.25) is 0 Å². The van der Waals surface area contributed by atoms with Crippen LogP contribution in [-0.4, -0.2) is 71.3 Å². The highest BCUT2D eigenvalue weighted by molar-refractivity contribution is 5.89. The van der Waals surface area contributed by atoms with E-state index in [4.69, 9.17) is 18.9 Å². The van der Waals surface area contributed by atoms with Gasteiger partial charge in [-0.05, 0) is 219 Å². The Bertz CT molecular complexity index is 3030. The summed E-state index contributed by atoms with van der Waals surface area (Å²) in [7, 11) is 0. The summed E-state index contributed by atoms with van der Waals surface area (Å²) in [6.07, 6.45) is -2.15. The largest absolute Gasteiger partial charge is 0.491 e. The van der Waals surface area contributed by atoms with Gasteiger partial charge in [-0.3, -0.25) is 0 Å². The van der Waals surface area contributed by atoms with E-state index in [9.17, 15) is 20.4 Å². The zero-order valence-corrected chi connectivity index (χ0v) is 47.4. The highest BCUT2D eigenvalue weighted by atomic mass is 16.5. The van der Waals surface area contributed by atoms with Gasteiger partial charge in [-0.15, -0.1) is 0 Å². The normalized spacial score (nSPS) is 14.9. The number of hydrogen-bond donors (Lipinski definition) is 4. The van der Waals surface area contributed by atoms with Crippen molar-refractivity contribution in [3.63, 3.8) is 0 Å². The van der Waals surface area contributed by atoms with Gasteiger partial charge in [0.2, 0.25) is 0 Å². The highest BCUT2D eigenvalue weighted by Crippen LogP contribution is 2.60. The maximum atomic E-state index is 9.81. The fourth-order valence-corrected chi connectivity index (χ4v) is 12.2. The van der Waals surface area contributed by atoms with Gasteiger partial charge in [0.25, 0.3) is 0 Å². The molecule has 0 aliphatic heterocycles. The SMILES string of the molecule is Cc1cc(C2(c3cc(C)c(OCC(C)O)cc3C)c3ccccc3-c3ccccc32)c(C)cc1OCC(C)O.Cc1cc(C2(c3cc(C)c(OCC(C)O)cc3C)c3ccccc3-c3ccccc32)c(C)cc1OCC(C)O. The first-order chi connectivity index (χ1) is 37.3. The van der Waals surface area contributed by atoms with Crippen LogP contribution < -0.4 is 18.9 Å². The van der Waals surface area contributed by atoms with E-state index in [1.807, 2.05) is 0 Å². The van der Waals surface area contributed by atoms with Crippen molar-refractivity contribution in [1.82, 2.24) is 0 Å². The number of ether oxygens (including phenoxy) is 4. The van der Waals surface area contributed by atoms with Gasteiger partial charge in [0.1, 0.15) is 49.4 Å². The summed E-state index contributed by atoms with van der Waals surface area (Å²) in [5, 5.41) is 39.2. The summed E-state index contributed by atoms with van der Waals surface area (Å²) in [6.45, 7) is 24.8. The van der Waals surface area contributed by atoms with Crippen molar-refractivity contribution in [2.75, 3.05) is 26.4 Å². The van der Waals surface area contributed by atoms with Gasteiger partial charge in [0.15, 0.2) is 0 Å². The number of aliphatic hydroxyl groups excluding tert-OH is 4. The van der Waals surface area contributed by atoms with Crippen LogP contribution >= 0.6 is 0 Å². The predicted octanol–water partition coefficient (Wildman–Crippen LogP) is 13.6. The van der Waals surface area contributed by atoms with E-state index in [-0.39, 0.29) is 26.4 Å². The second-order valence-electron chi connectivity index (χ2n) is 22.1. The summed E-state index contributed by atoms with van der Waals surface area (Å²) in [4.78, 5) is 0. The van der Waals surface area contributed by atoms with Gasteiger partial charge < -0.3 is 39.4 Å². The molecular weight excluding hydrogens is 969 g/mol. The quantitative estimate of drug-likeness (QED) is 0.0756. The molecule has 8 aromatic carbocycles. The molecule has 404 valence electrons. The van der Waals surface area contributed by atoms with Crippen molar-refractivity contribution in [2.45, 2.75) is 118 Å². The van der Waals surface area contributed by atoms with Crippen LogP contribution in [0.15, 0.2) is 146 Å². The first-order valence-electron chi connectivity index (χ1n) is 27.4. The molecule has 2 aliphatic carbocycles. The van der Waals surface area contributed by atoms with E-state index >= 15 is 0 Å². The molecule has 0 fully saturated rings. The smallest absolute Gasteiger partial charge is 0.122 e. The van der Waals surface area contributed by atoms with Crippen molar-refractivity contribution in [3.05, 3.63) is 235 Å². The highest BCUT2D eigenvalue weighted by Gasteiger charge is 2.49. The van der Waals surface area contributed by atoms with E-state index in [1.54, 1.807) is 27.7 Å². The molecule has 8 nitrogen and oxygen atoms in total. The van der Waals surface area contributed by atoms with Crippen molar-refractivity contribution in [3.8, 4) is 45.3 Å². The Balaban J connectivity index is 0.000000190. The Hall–Kier alpha value is -7.20. The maximum absolute atomic E-state index is 9.81. The second kappa shape index (κ2) is 22.6. The van der Waals surface area contributed by atoms with E-state index in [1.165, 1.54) is 66.8 Å². The lowest BCUT2D eigenvalue weighted by Gasteiger charge is -2.37. The third-order valence-electron chi connectivity index (χ3n) is 15.5. The Morgan fingerprint density at radius 2 is 0.474 bits per heavy atom. The van der Waals surface area contributed by atoms with Crippen LogP contribution in [0.1, 0.15) is 117 Å². The molecule has 0 heterocycles. The molecule has 0 bridgehead atoms. The number of benzene rings is 8. The zero-order valence-electron chi connectivity index (χ0n) is 47.4. The Morgan fingerprint density at radius 1 is 0.282 bits per heavy atom. The monoisotopic (exact) mass is 1040 g/mol. The molecule has 0 saturated heterocycles. The van der Waals surface area contributed by atoms with Gasteiger partial charge in [-0.25, -0.2) is 0 Å². The average Bonchev–Trinajstić information content (AvgIpc) is 4.11. The van der Waals surface area contributed by atoms with Gasteiger partial charge in [-0.2, -0.15) is 0 Å². The number of fused-ring (bicyclic) bond motifs is 6. The van der Waals surface area contributed by atoms with Crippen molar-refractivity contribution < 1.29 is 39.4 Å². The van der Waals surface area contributed by atoms with Crippen LogP contribution in [0.5, 0.6) is 23.0 Å². The predicted molar refractivity (Wildman–Crippen MR) is 314 cm³/mol. The lowest BCUT2D eigenvalue weighted by Crippen LogP contribution is -2.31. The Kier molecular flexibility index (Phi) is 16.1. The second-order valence-corrected chi connectivity index (χ2v) is 22.1. The molecule has 8 heteroatoms. The van der Waals surface area contributed by atoms with Crippen LogP contribution in [0.25, 0.3) is 22.3 Å². The minimum absolute atomic E-state index is 0.253. The molecule has 78 heavy (non-hydrogen) atoms. The van der Waals surface area contributed by atoms with Crippen LogP contribution in [0, 0.1) is 55.4 Å². The standard InChI is InChI=1S/2C35H38O4/c2*1-21-17-33(38-19-25(5)36)23(3)15-31(21)35(32-16-24(4)34(18-22(32)2)39-20-26(6)37)29-13-9-7-11-27(29)28-12-8-10-14-30(28)35/h2*7-18,25-26,36-37H,19-20H2,1-6H3. The molecular formula is C70H76O8. The van der Waals surface area contributed by atoms with E-state index < -0.39 is 35.2 Å². The number of rotatable bonds is 16. The average molecular weight is 1050 g/mol. The molecule has 8 aromatic rings. The first kappa shape index (κ1) is 55.6. The van der Waals surface area contributed by atoms with Crippen LogP contribution in [-0.2, 0) is 10.8 Å². The molecule has 10 rings (SSSR count). The fourth-order valence-electron chi connectivity index (χ4n) is 12.2. The molecule has 0 saturated carbocycles. The third-order valence-corrected chi connectivity index (χ3v) is 15.5. The van der Waals surface area contributed by atoms with Crippen LogP contribution in [0.3, 0.4) is 0 Å². The Labute approximate surface area is 461 Å². The number of aliphatic hydroxyl groups is 4. The van der Waals surface area contributed by atoms with Crippen molar-refractivity contribution in [1.29, 1.82) is 0 Å². The summed E-state index contributed by atoms with van der Waals surface area (Å²) in [5.41, 5.74) is 22.4. The molecule has 4 unspecified atom stereocenters. The number of hydrogen-bond acceptors (Lipinski definition) is 8. The summed E-state index contributed by atoms with van der Waals surface area (Å²) >= 11 is 0. The lowest BCUT2D eigenvalue weighted by molar-refractivity contribution is 0.122. The maximum Gasteiger partial charge on any atom is 0.122 e. The molecule has 4 atom stereocenters. The minimum atomic E-state index is -0.539. The fraction of sp³-hybridized carbons (Fsp3) is 0.314. The third kappa shape index (κ3) is 10.1. The van der Waals surface area contributed by atoms with Gasteiger partial charge >= 0.3 is 0 Å². The Morgan fingerprint density at radius 3 is 0.667 bits per heavy atom. The summed E-state index contributed by atoms with van der Waals surface area (Å²) in [5.74, 6) is 3.17. The van der Waals surface area contributed by atoms with E-state index in [2.05, 4.69) is 201 Å². The molecule has 2 aliphatic rings. The topological polar surface area (TPSA) is 118 Å². The van der Waals surface area contributed by atoms with Gasteiger partial charge in [0.05, 0.1) is 35.2 Å². The molecule has 0 spiro atoms. The van der Waals surface area contributed by atoms with Crippen molar-refractivity contribution in [2.24, 2.45) is 0 Å². The molecule has 4 N–H and O–H groups in total. The lowest BCUT2D eigenvalue weighted by atomic mass is 9.65. The molecule has 0 radical (unpaired) electrons. The van der Waals surface area contributed by atoms with E-state index in [0.717, 1.165) is 67.5 Å². The zero-order chi connectivity index (χ0) is 55.8. The van der Waals surface area contributed by atoms with E-state index in [0.29, 0.717) is 0 Å². The summed E-state index contributed by atoms with van der Waals surface area (Å²) in [6, 6.07) is 52.4.